The van der Waals surface area contributed by atoms with Gasteiger partial charge in [-0.3, -0.25) is 4.79 Å². The zero-order valence-electron chi connectivity index (χ0n) is 23.8. The number of fused-ring (bicyclic) bond motifs is 1. The first kappa shape index (κ1) is 26.5. The van der Waals surface area contributed by atoms with E-state index in [1.165, 1.54) is 0 Å². The first-order valence-electron chi connectivity index (χ1n) is 13.5. The number of rotatable bonds is 6. The maximum Gasteiger partial charge on any atom is 0.162 e. The number of methoxy groups -OCH3 is 1. The molecule has 5 nitrogen and oxygen atoms in total. The number of ether oxygens (including phenoxy) is 1. The molecule has 0 bridgehead atoms. The number of anilines is 1. The van der Waals surface area contributed by atoms with E-state index < -0.39 is 0 Å². The van der Waals surface area contributed by atoms with Crippen LogP contribution in [0.15, 0.2) is 95.7 Å². The molecule has 5 heteroatoms. The van der Waals surface area contributed by atoms with Gasteiger partial charge < -0.3 is 10.1 Å². The fraction of sp³-hybridized carbons (Fsp3) is 0.294. The molecule has 0 spiro atoms. The Kier molecular flexibility index (Phi) is 6.94. The lowest BCUT2D eigenvalue weighted by Crippen LogP contribution is -2.34. The number of Topliss-reactive ketones (excluding diaryl/α,β-unsaturated/α-hetero) is 1. The van der Waals surface area contributed by atoms with Crippen LogP contribution in [0.4, 0.5) is 5.82 Å². The summed E-state index contributed by atoms with van der Waals surface area (Å²) in [7, 11) is 1.69. The monoisotopic (exact) mass is 519 g/mol. The summed E-state index contributed by atoms with van der Waals surface area (Å²) in [6, 6.07) is 18.2. The summed E-state index contributed by atoms with van der Waals surface area (Å²) >= 11 is 0. The topological polar surface area (TPSA) is 56.2 Å². The number of ketones is 1. The lowest BCUT2D eigenvalue weighted by molar-refractivity contribution is -0.118. The van der Waals surface area contributed by atoms with Gasteiger partial charge in [-0.15, -0.1) is 0 Å². The highest BCUT2D eigenvalue weighted by molar-refractivity contribution is 6.02. The van der Waals surface area contributed by atoms with Gasteiger partial charge in [0.25, 0.3) is 0 Å². The first-order valence-corrected chi connectivity index (χ1v) is 13.5. The normalized spacial score (nSPS) is 17.9. The number of nitrogens with zero attached hydrogens (tertiary/aromatic N) is 2. The predicted molar refractivity (Wildman–Crippen MR) is 160 cm³/mol. The fourth-order valence-corrected chi connectivity index (χ4v) is 5.76. The van der Waals surface area contributed by atoms with E-state index in [0.717, 1.165) is 68.5 Å². The molecule has 1 unspecified atom stereocenters. The molecule has 0 saturated heterocycles. The summed E-state index contributed by atoms with van der Waals surface area (Å²) in [5.74, 6) is 1.50. The van der Waals surface area contributed by atoms with Crippen molar-refractivity contribution in [2.75, 3.05) is 12.4 Å². The number of hydrogen-bond acceptors (Lipinski definition) is 4. The van der Waals surface area contributed by atoms with Crippen LogP contribution < -0.4 is 10.1 Å². The van der Waals surface area contributed by atoms with E-state index in [0.29, 0.717) is 6.42 Å². The second kappa shape index (κ2) is 10.2. The Morgan fingerprint density at radius 1 is 1.05 bits per heavy atom. The van der Waals surface area contributed by atoms with Crippen molar-refractivity contribution in [3.8, 4) is 17.0 Å². The molecule has 1 atom stereocenters. The van der Waals surface area contributed by atoms with Gasteiger partial charge >= 0.3 is 0 Å². The predicted octanol–water partition coefficient (Wildman–Crippen LogP) is 8.14. The smallest absolute Gasteiger partial charge is 0.162 e. The number of nitrogens with one attached hydrogen (secondary N) is 1. The molecular weight excluding hydrogens is 482 g/mol. The van der Waals surface area contributed by atoms with Crippen molar-refractivity contribution in [3.05, 3.63) is 107 Å². The van der Waals surface area contributed by atoms with Crippen molar-refractivity contribution in [3.63, 3.8) is 0 Å². The van der Waals surface area contributed by atoms with Gasteiger partial charge in [-0.2, -0.15) is 5.10 Å². The highest BCUT2D eigenvalue weighted by Crippen LogP contribution is 2.53. The number of carbonyl (C=O) groups excluding carboxylic acids is 1. The van der Waals surface area contributed by atoms with E-state index >= 15 is 0 Å². The highest BCUT2D eigenvalue weighted by Gasteiger charge is 2.44. The maximum atomic E-state index is 13.9. The standard InChI is InChI=1S/C34H37N3O2/c1-21(2)17-18-26(22(3)4)37-33-31(32(36-37)23-13-9-8-10-14-23)29(24-15-11-12-16-28(24)39-7)30-25(35-33)19-34(5,6)20-27(30)38/h8-18,29,35H,1,19-20H2,2-7H3/b18-17-. The van der Waals surface area contributed by atoms with Gasteiger partial charge in [0.05, 0.1) is 18.5 Å². The molecule has 0 fully saturated rings. The minimum Gasteiger partial charge on any atom is -0.496 e. The van der Waals surface area contributed by atoms with E-state index in [2.05, 4.69) is 63.9 Å². The minimum absolute atomic E-state index is 0.141. The van der Waals surface area contributed by atoms with Crippen molar-refractivity contribution in [2.24, 2.45) is 5.41 Å². The van der Waals surface area contributed by atoms with Gasteiger partial charge in [0.1, 0.15) is 11.6 Å². The Balaban J connectivity index is 1.88. The number of hydrogen-bond donors (Lipinski definition) is 1. The lowest BCUT2D eigenvalue weighted by atomic mass is 9.68. The second-order valence-corrected chi connectivity index (χ2v) is 11.6. The number of allylic oxidation sites excluding steroid dienone is 7. The van der Waals surface area contributed by atoms with Crippen molar-refractivity contribution < 1.29 is 9.53 Å². The van der Waals surface area contributed by atoms with E-state index in [4.69, 9.17) is 9.84 Å². The van der Waals surface area contributed by atoms with E-state index in [-0.39, 0.29) is 17.1 Å². The summed E-state index contributed by atoms with van der Waals surface area (Å²) in [4.78, 5) is 13.9. The van der Waals surface area contributed by atoms with E-state index in [1.807, 2.05) is 54.1 Å². The Morgan fingerprint density at radius 3 is 2.41 bits per heavy atom. The largest absolute Gasteiger partial charge is 0.496 e. The third-order valence-corrected chi connectivity index (χ3v) is 7.45. The molecule has 5 rings (SSSR count). The van der Waals surface area contributed by atoms with Crippen molar-refractivity contribution in [1.29, 1.82) is 0 Å². The summed E-state index contributed by atoms with van der Waals surface area (Å²) < 4.78 is 7.87. The van der Waals surface area contributed by atoms with Gasteiger partial charge in [-0.1, -0.05) is 86.2 Å². The summed E-state index contributed by atoms with van der Waals surface area (Å²) in [6.07, 6.45) is 5.36. The molecule has 0 saturated carbocycles. The van der Waals surface area contributed by atoms with E-state index in [9.17, 15) is 4.79 Å². The van der Waals surface area contributed by atoms with Gasteiger partial charge in [-0.25, -0.2) is 4.68 Å². The van der Waals surface area contributed by atoms with Crippen LogP contribution in [0.5, 0.6) is 5.75 Å². The number of benzene rings is 2. The van der Waals surface area contributed by atoms with Crippen LogP contribution in [-0.4, -0.2) is 22.7 Å². The molecular formula is C34H37N3O2. The average molecular weight is 520 g/mol. The molecule has 2 aliphatic rings. The zero-order valence-corrected chi connectivity index (χ0v) is 23.8. The summed E-state index contributed by atoms with van der Waals surface area (Å²) in [5, 5.41) is 8.98. The second-order valence-electron chi connectivity index (χ2n) is 11.6. The molecule has 2 aromatic carbocycles. The van der Waals surface area contributed by atoms with Crippen LogP contribution in [0.2, 0.25) is 0 Å². The maximum absolute atomic E-state index is 13.9. The highest BCUT2D eigenvalue weighted by atomic mass is 16.5. The SMILES string of the molecule is C=C(C)/C=C\C(=C(C)C)n1nc(-c2ccccc2)c2c1NC1=C(C(=O)CC(C)(C)C1)C2c1ccccc1OC. The fourth-order valence-electron chi connectivity index (χ4n) is 5.76. The third kappa shape index (κ3) is 4.89. The average Bonchev–Trinajstić information content (AvgIpc) is 3.25. The number of para-hydroxylation sites is 1. The molecule has 3 aromatic rings. The van der Waals surface area contributed by atoms with Crippen LogP contribution >= 0.6 is 0 Å². The Hall–Kier alpha value is -4.12. The first-order chi connectivity index (χ1) is 18.6. The van der Waals surface area contributed by atoms with Gasteiger partial charge in [-0.05, 0) is 44.7 Å². The Labute approximate surface area is 231 Å². The van der Waals surface area contributed by atoms with Crippen LogP contribution in [0.25, 0.3) is 17.0 Å². The Morgan fingerprint density at radius 2 is 1.74 bits per heavy atom. The summed E-state index contributed by atoms with van der Waals surface area (Å²) in [5.41, 5.74) is 8.49. The lowest BCUT2D eigenvalue weighted by Gasteiger charge is -2.39. The van der Waals surface area contributed by atoms with Crippen molar-refractivity contribution >= 4 is 17.3 Å². The molecule has 2 heterocycles. The molecule has 1 aliphatic carbocycles. The molecule has 39 heavy (non-hydrogen) atoms. The molecule has 200 valence electrons. The van der Waals surface area contributed by atoms with Gasteiger partial charge in [0.2, 0.25) is 0 Å². The van der Waals surface area contributed by atoms with Gasteiger partial charge in [0, 0.05) is 40.3 Å². The Bertz CT molecular complexity index is 1550. The molecule has 1 N–H and O–H groups in total. The van der Waals surface area contributed by atoms with Crippen LogP contribution in [-0.2, 0) is 4.79 Å². The van der Waals surface area contributed by atoms with Crippen molar-refractivity contribution in [2.45, 2.75) is 53.4 Å². The number of aromatic nitrogens is 2. The van der Waals surface area contributed by atoms with Gasteiger partial charge in [0.15, 0.2) is 5.78 Å². The van der Waals surface area contributed by atoms with Crippen LogP contribution in [0.1, 0.15) is 64.5 Å². The third-order valence-electron chi connectivity index (χ3n) is 7.45. The van der Waals surface area contributed by atoms with Crippen LogP contribution in [0.3, 0.4) is 0 Å². The molecule has 0 amide bonds. The number of carbonyl (C=O) groups is 1. The quantitative estimate of drug-likeness (QED) is 0.334. The summed E-state index contributed by atoms with van der Waals surface area (Å²) in [6.45, 7) is 14.5. The van der Waals surface area contributed by atoms with Crippen LogP contribution in [0, 0.1) is 5.41 Å². The molecule has 1 aliphatic heterocycles. The molecule has 0 radical (unpaired) electrons. The van der Waals surface area contributed by atoms with E-state index in [1.54, 1.807) is 7.11 Å². The molecule has 1 aromatic heterocycles. The minimum atomic E-state index is -0.316. The zero-order chi connectivity index (χ0) is 27.9. The van der Waals surface area contributed by atoms with Crippen molar-refractivity contribution in [1.82, 2.24) is 9.78 Å².